The number of nitrogens with zero attached hydrogens (tertiary/aromatic N) is 2. The van der Waals surface area contributed by atoms with Gasteiger partial charge in [-0.05, 0) is 17.7 Å². The van der Waals surface area contributed by atoms with Gasteiger partial charge in [-0.2, -0.15) is 5.10 Å². The number of hydrogen-bond acceptors (Lipinski definition) is 4. The van der Waals surface area contributed by atoms with Gasteiger partial charge >= 0.3 is 0 Å². The molecule has 0 unspecified atom stereocenters. The second-order valence-electron chi connectivity index (χ2n) is 7.09. The van der Waals surface area contributed by atoms with Crippen molar-refractivity contribution < 1.29 is 9.47 Å². The number of aromatic nitrogens is 2. The summed E-state index contributed by atoms with van der Waals surface area (Å²) >= 11 is 0. The standard InChI is InChI=1S/C22H23N3O2/c1-2-7-19-16(4-1)15-20-21(23-24-22(19)20)17-5-3-6-18(14-17)27-13-10-25-8-11-26-12-9-25/h1-7,14H,8-13,15H2,(H,23,24). The maximum absolute atomic E-state index is 6.01. The normalized spacial score (nSPS) is 16.1. The van der Waals surface area contributed by atoms with Crippen LogP contribution in [0.15, 0.2) is 48.5 Å². The molecule has 5 rings (SSSR count). The van der Waals surface area contributed by atoms with E-state index >= 15 is 0 Å². The van der Waals surface area contributed by atoms with Crippen molar-refractivity contribution in [3.8, 4) is 28.3 Å². The van der Waals surface area contributed by atoms with E-state index in [1.165, 1.54) is 16.7 Å². The van der Waals surface area contributed by atoms with Crippen LogP contribution in [0.2, 0.25) is 0 Å². The fourth-order valence-electron chi connectivity index (χ4n) is 3.96. The maximum Gasteiger partial charge on any atom is 0.120 e. The van der Waals surface area contributed by atoms with E-state index in [9.17, 15) is 0 Å². The van der Waals surface area contributed by atoms with E-state index in [-0.39, 0.29) is 0 Å². The maximum atomic E-state index is 6.01. The Bertz CT molecular complexity index is 944. The average molecular weight is 361 g/mol. The summed E-state index contributed by atoms with van der Waals surface area (Å²) in [7, 11) is 0. The van der Waals surface area contributed by atoms with Crippen LogP contribution in [0.1, 0.15) is 11.1 Å². The molecule has 1 N–H and O–H groups in total. The van der Waals surface area contributed by atoms with E-state index in [4.69, 9.17) is 9.47 Å². The van der Waals surface area contributed by atoms with Crippen LogP contribution in [0, 0.1) is 0 Å². The average Bonchev–Trinajstić information content (AvgIpc) is 3.28. The smallest absolute Gasteiger partial charge is 0.120 e. The van der Waals surface area contributed by atoms with E-state index < -0.39 is 0 Å². The van der Waals surface area contributed by atoms with Crippen molar-refractivity contribution in [3.05, 3.63) is 59.7 Å². The molecule has 1 aliphatic carbocycles. The second kappa shape index (κ2) is 7.18. The summed E-state index contributed by atoms with van der Waals surface area (Å²) in [6.07, 6.45) is 0.930. The van der Waals surface area contributed by atoms with Crippen molar-refractivity contribution in [1.29, 1.82) is 0 Å². The molecule has 5 heteroatoms. The molecule has 1 aromatic heterocycles. The van der Waals surface area contributed by atoms with E-state index in [0.717, 1.165) is 62.0 Å². The number of nitrogens with one attached hydrogen (secondary N) is 1. The first-order valence-corrected chi connectivity index (χ1v) is 9.57. The molecule has 2 heterocycles. The molecule has 0 amide bonds. The predicted octanol–water partition coefficient (Wildman–Crippen LogP) is 3.36. The number of ether oxygens (including phenoxy) is 2. The number of aromatic amines is 1. The minimum absolute atomic E-state index is 0.688. The Morgan fingerprint density at radius 3 is 2.89 bits per heavy atom. The topological polar surface area (TPSA) is 50.4 Å². The zero-order valence-electron chi connectivity index (χ0n) is 15.3. The van der Waals surface area contributed by atoms with Gasteiger partial charge in [0.2, 0.25) is 0 Å². The van der Waals surface area contributed by atoms with E-state index in [1.54, 1.807) is 0 Å². The Labute approximate surface area is 158 Å². The van der Waals surface area contributed by atoms with Crippen molar-refractivity contribution in [1.82, 2.24) is 15.1 Å². The highest BCUT2D eigenvalue weighted by molar-refractivity contribution is 5.81. The Balaban J connectivity index is 1.31. The second-order valence-corrected chi connectivity index (χ2v) is 7.09. The number of morpholine rings is 1. The monoisotopic (exact) mass is 361 g/mol. The third kappa shape index (κ3) is 3.24. The number of benzene rings is 2. The molecule has 0 saturated carbocycles. The summed E-state index contributed by atoms with van der Waals surface area (Å²) < 4.78 is 11.4. The van der Waals surface area contributed by atoms with Gasteiger partial charge in [0.15, 0.2) is 0 Å². The fourth-order valence-corrected chi connectivity index (χ4v) is 3.96. The Morgan fingerprint density at radius 2 is 1.96 bits per heavy atom. The lowest BCUT2D eigenvalue weighted by Gasteiger charge is -2.26. The molecule has 1 fully saturated rings. The molecule has 0 atom stereocenters. The van der Waals surface area contributed by atoms with Crippen LogP contribution in [0.25, 0.3) is 22.5 Å². The molecule has 1 aliphatic heterocycles. The summed E-state index contributed by atoms with van der Waals surface area (Å²) in [5.74, 6) is 0.896. The zero-order chi connectivity index (χ0) is 18.1. The summed E-state index contributed by atoms with van der Waals surface area (Å²) in [4.78, 5) is 2.38. The Hall–Kier alpha value is -2.63. The van der Waals surface area contributed by atoms with E-state index in [1.807, 2.05) is 12.1 Å². The lowest BCUT2D eigenvalue weighted by molar-refractivity contribution is 0.0322. The molecule has 138 valence electrons. The first-order chi connectivity index (χ1) is 13.4. The van der Waals surface area contributed by atoms with Gasteiger partial charge in [0.1, 0.15) is 12.4 Å². The molecular weight excluding hydrogens is 338 g/mol. The predicted molar refractivity (Wildman–Crippen MR) is 105 cm³/mol. The van der Waals surface area contributed by atoms with Crippen LogP contribution < -0.4 is 4.74 Å². The van der Waals surface area contributed by atoms with Crippen LogP contribution in [0.3, 0.4) is 0 Å². The van der Waals surface area contributed by atoms with Crippen LogP contribution in [-0.4, -0.2) is 54.6 Å². The van der Waals surface area contributed by atoms with Gasteiger partial charge in [0, 0.05) is 42.7 Å². The van der Waals surface area contributed by atoms with Gasteiger partial charge in [-0.1, -0.05) is 36.4 Å². The molecule has 2 aliphatic rings. The van der Waals surface area contributed by atoms with Crippen LogP contribution in [-0.2, 0) is 11.2 Å². The third-order valence-electron chi connectivity index (χ3n) is 5.41. The summed E-state index contributed by atoms with van der Waals surface area (Å²) in [5, 5.41) is 7.84. The van der Waals surface area contributed by atoms with Crippen molar-refractivity contribution >= 4 is 0 Å². The van der Waals surface area contributed by atoms with Crippen molar-refractivity contribution in [3.63, 3.8) is 0 Å². The summed E-state index contributed by atoms with van der Waals surface area (Å²) in [6.45, 7) is 5.24. The third-order valence-corrected chi connectivity index (χ3v) is 5.41. The van der Waals surface area contributed by atoms with Gasteiger partial charge in [0.25, 0.3) is 0 Å². The molecular formula is C22H23N3O2. The highest BCUT2D eigenvalue weighted by Gasteiger charge is 2.24. The van der Waals surface area contributed by atoms with Crippen molar-refractivity contribution in [2.45, 2.75) is 6.42 Å². The molecule has 0 radical (unpaired) electrons. The zero-order valence-corrected chi connectivity index (χ0v) is 15.3. The lowest BCUT2D eigenvalue weighted by atomic mass is 10.1. The molecule has 0 bridgehead atoms. The molecule has 27 heavy (non-hydrogen) atoms. The number of H-pyrrole nitrogens is 1. The van der Waals surface area contributed by atoms with E-state index in [0.29, 0.717) is 6.61 Å². The number of rotatable bonds is 5. The first-order valence-electron chi connectivity index (χ1n) is 9.57. The van der Waals surface area contributed by atoms with Gasteiger partial charge in [-0.3, -0.25) is 10.00 Å². The minimum Gasteiger partial charge on any atom is -0.492 e. The van der Waals surface area contributed by atoms with E-state index in [2.05, 4.69) is 51.5 Å². The fraction of sp³-hybridized carbons (Fsp3) is 0.318. The van der Waals surface area contributed by atoms with Gasteiger partial charge in [0.05, 0.1) is 24.6 Å². The Kier molecular flexibility index (Phi) is 4.40. The van der Waals surface area contributed by atoms with Gasteiger partial charge < -0.3 is 9.47 Å². The largest absolute Gasteiger partial charge is 0.492 e. The molecule has 0 spiro atoms. The SMILES string of the molecule is c1cc(OCCN2CCOCC2)cc(-c2n[nH]c3c2Cc2ccccc2-3)c1. The molecule has 2 aromatic carbocycles. The number of fused-ring (bicyclic) bond motifs is 3. The van der Waals surface area contributed by atoms with Gasteiger partial charge in [-0.15, -0.1) is 0 Å². The minimum atomic E-state index is 0.688. The van der Waals surface area contributed by atoms with Crippen LogP contribution in [0.5, 0.6) is 5.75 Å². The lowest BCUT2D eigenvalue weighted by Crippen LogP contribution is -2.38. The molecule has 3 aromatic rings. The first kappa shape index (κ1) is 16.5. The van der Waals surface area contributed by atoms with Crippen molar-refractivity contribution in [2.75, 3.05) is 39.5 Å². The quantitative estimate of drug-likeness (QED) is 0.592. The van der Waals surface area contributed by atoms with Crippen LogP contribution >= 0.6 is 0 Å². The number of hydrogen-bond donors (Lipinski definition) is 1. The molecule has 1 saturated heterocycles. The van der Waals surface area contributed by atoms with Crippen molar-refractivity contribution in [2.24, 2.45) is 0 Å². The van der Waals surface area contributed by atoms with Crippen LogP contribution in [0.4, 0.5) is 0 Å². The highest BCUT2D eigenvalue weighted by Crippen LogP contribution is 2.40. The highest BCUT2D eigenvalue weighted by atomic mass is 16.5. The molecule has 5 nitrogen and oxygen atoms in total. The summed E-state index contributed by atoms with van der Waals surface area (Å²) in [6, 6.07) is 16.8. The Morgan fingerprint density at radius 1 is 1.07 bits per heavy atom. The summed E-state index contributed by atoms with van der Waals surface area (Å²) in [5.41, 5.74) is 7.19. The van der Waals surface area contributed by atoms with Gasteiger partial charge in [-0.25, -0.2) is 0 Å².